The number of ether oxygens (including phenoxy) is 1. The Hall–Kier alpha value is -3.74. The van der Waals surface area contributed by atoms with Gasteiger partial charge >= 0.3 is 0 Å². The van der Waals surface area contributed by atoms with Gasteiger partial charge in [-0.15, -0.1) is 16.4 Å². The van der Waals surface area contributed by atoms with Crippen molar-refractivity contribution in [2.75, 3.05) is 13.7 Å². The maximum Gasteiger partial charge on any atom is 0.273 e. The summed E-state index contributed by atoms with van der Waals surface area (Å²) in [5, 5.41) is 17.7. The summed E-state index contributed by atoms with van der Waals surface area (Å²) in [7, 11) is 3.34. The molecule has 1 saturated carbocycles. The molecule has 35 heavy (non-hydrogen) atoms. The number of thiazole rings is 1. The van der Waals surface area contributed by atoms with Crippen LogP contribution in [0.5, 0.6) is 5.88 Å². The van der Waals surface area contributed by atoms with Gasteiger partial charge < -0.3 is 10.1 Å². The van der Waals surface area contributed by atoms with Gasteiger partial charge in [0.2, 0.25) is 5.88 Å². The molecule has 0 radical (unpaired) electrons. The SMILES string of the molecule is COc1c(C(C)(CNC(=O)c2cn(-c3ncc(F)cc3F)nn2)c2nc(C3CC3)cs2)cnn1C. The third kappa shape index (κ3) is 4.27. The highest BCUT2D eigenvalue weighted by Crippen LogP contribution is 2.44. The molecule has 1 aliphatic carbocycles. The number of amides is 1. The second-order valence-electron chi connectivity index (χ2n) is 8.57. The molecule has 10 nitrogen and oxygen atoms in total. The van der Waals surface area contributed by atoms with Gasteiger partial charge in [0.1, 0.15) is 10.8 Å². The Morgan fingerprint density at radius 2 is 2.14 bits per heavy atom. The van der Waals surface area contributed by atoms with Crippen molar-refractivity contribution in [2.24, 2.45) is 7.05 Å². The minimum absolute atomic E-state index is 0.0474. The quantitative estimate of drug-likeness (QED) is 0.396. The molecule has 0 aliphatic heterocycles. The van der Waals surface area contributed by atoms with Gasteiger partial charge in [-0.1, -0.05) is 5.21 Å². The van der Waals surface area contributed by atoms with Gasteiger partial charge in [0.25, 0.3) is 5.91 Å². The Kier molecular flexibility index (Phi) is 5.79. The molecule has 4 aromatic heterocycles. The number of nitrogens with one attached hydrogen (secondary N) is 1. The summed E-state index contributed by atoms with van der Waals surface area (Å²) in [6.45, 7) is 2.14. The van der Waals surface area contributed by atoms with Crippen molar-refractivity contribution in [3.8, 4) is 11.7 Å². The van der Waals surface area contributed by atoms with E-state index in [1.807, 2.05) is 6.92 Å². The van der Waals surface area contributed by atoms with Crippen LogP contribution in [0.3, 0.4) is 0 Å². The summed E-state index contributed by atoms with van der Waals surface area (Å²) in [5.41, 5.74) is 1.05. The van der Waals surface area contributed by atoms with Gasteiger partial charge in [0.05, 0.1) is 36.8 Å². The second-order valence-corrected chi connectivity index (χ2v) is 9.42. The van der Waals surface area contributed by atoms with Crippen molar-refractivity contribution in [1.82, 2.24) is 40.1 Å². The first kappa shape index (κ1) is 23.0. The maximum atomic E-state index is 14.0. The third-order valence-electron chi connectivity index (χ3n) is 6.00. The predicted octanol–water partition coefficient (Wildman–Crippen LogP) is 2.75. The molecule has 4 heterocycles. The van der Waals surface area contributed by atoms with Crippen LogP contribution in [0.25, 0.3) is 5.82 Å². The van der Waals surface area contributed by atoms with Crippen LogP contribution in [-0.2, 0) is 12.5 Å². The van der Waals surface area contributed by atoms with Crippen LogP contribution < -0.4 is 10.1 Å². The summed E-state index contributed by atoms with van der Waals surface area (Å²) in [6, 6.07) is 0.681. The summed E-state index contributed by atoms with van der Waals surface area (Å²) in [4.78, 5) is 21.5. The normalized spacial score (nSPS) is 15.1. The van der Waals surface area contributed by atoms with Crippen molar-refractivity contribution in [1.29, 1.82) is 0 Å². The molecule has 182 valence electrons. The van der Waals surface area contributed by atoms with Gasteiger partial charge in [-0.05, 0) is 19.8 Å². The van der Waals surface area contributed by atoms with Gasteiger partial charge in [-0.3, -0.25) is 4.79 Å². The highest BCUT2D eigenvalue weighted by atomic mass is 32.1. The number of aromatic nitrogens is 7. The van der Waals surface area contributed by atoms with E-state index in [2.05, 4.69) is 31.1 Å². The zero-order valence-electron chi connectivity index (χ0n) is 19.2. The predicted molar refractivity (Wildman–Crippen MR) is 122 cm³/mol. The number of pyridine rings is 1. The van der Waals surface area contributed by atoms with Gasteiger partial charge in [0, 0.05) is 36.5 Å². The smallest absolute Gasteiger partial charge is 0.273 e. The number of methoxy groups -OCH3 is 1. The lowest BCUT2D eigenvalue weighted by molar-refractivity contribution is 0.0942. The Balaban J connectivity index is 1.41. The van der Waals surface area contributed by atoms with Gasteiger partial charge in [-0.2, -0.15) is 9.78 Å². The van der Waals surface area contributed by atoms with E-state index in [4.69, 9.17) is 9.72 Å². The van der Waals surface area contributed by atoms with E-state index in [0.717, 1.165) is 40.0 Å². The molecule has 5 rings (SSSR count). The fourth-order valence-electron chi connectivity index (χ4n) is 3.83. The molecule has 1 N–H and O–H groups in total. The Morgan fingerprint density at radius 1 is 1.34 bits per heavy atom. The first-order valence-corrected chi connectivity index (χ1v) is 11.7. The van der Waals surface area contributed by atoms with Gasteiger partial charge in [-0.25, -0.2) is 23.4 Å². The molecule has 0 bridgehead atoms. The second kappa shape index (κ2) is 8.80. The Labute approximate surface area is 203 Å². The summed E-state index contributed by atoms with van der Waals surface area (Å²) in [6.07, 6.45) is 6.06. The molecule has 4 aromatic rings. The van der Waals surface area contributed by atoms with Crippen LogP contribution in [0.2, 0.25) is 0 Å². The van der Waals surface area contributed by atoms with Crippen molar-refractivity contribution >= 4 is 17.2 Å². The van der Waals surface area contributed by atoms with E-state index in [0.29, 0.717) is 17.9 Å². The number of nitrogens with zero attached hydrogens (tertiary/aromatic N) is 7. The molecular formula is C22H22F2N8O2S. The number of hydrogen-bond donors (Lipinski definition) is 1. The largest absolute Gasteiger partial charge is 0.481 e. The molecule has 0 saturated heterocycles. The first-order valence-electron chi connectivity index (χ1n) is 10.8. The Morgan fingerprint density at radius 3 is 2.86 bits per heavy atom. The average molecular weight is 501 g/mol. The fraction of sp³-hybridized carbons (Fsp3) is 0.364. The molecule has 0 aromatic carbocycles. The van der Waals surface area contributed by atoms with Crippen LogP contribution in [0.15, 0.2) is 30.0 Å². The van der Waals surface area contributed by atoms with E-state index in [-0.39, 0.29) is 18.1 Å². The topological polar surface area (TPSA) is 113 Å². The molecule has 1 unspecified atom stereocenters. The lowest BCUT2D eigenvalue weighted by Gasteiger charge is -2.27. The minimum atomic E-state index is -0.923. The van der Waals surface area contributed by atoms with E-state index < -0.39 is 23.0 Å². The molecule has 1 fully saturated rings. The summed E-state index contributed by atoms with van der Waals surface area (Å²) < 4.78 is 35.4. The highest BCUT2D eigenvalue weighted by molar-refractivity contribution is 7.09. The van der Waals surface area contributed by atoms with Gasteiger partial charge in [0.15, 0.2) is 17.3 Å². The van der Waals surface area contributed by atoms with E-state index >= 15 is 0 Å². The van der Waals surface area contributed by atoms with Crippen molar-refractivity contribution < 1.29 is 18.3 Å². The van der Waals surface area contributed by atoms with Crippen LogP contribution in [0.4, 0.5) is 8.78 Å². The number of hydrogen-bond acceptors (Lipinski definition) is 8. The number of carbonyl (C=O) groups excluding carboxylic acids is 1. The molecule has 0 spiro atoms. The molecular weight excluding hydrogens is 478 g/mol. The maximum absolute atomic E-state index is 14.0. The zero-order chi connectivity index (χ0) is 24.7. The lowest BCUT2D eigenvalue weighted by atomic mass is 9.84. The minimum Gasteiger partial charge on any atom is -0.481 e. The molecule has 1 atom stereocenters. The van der Waals surface area contributed by atoms with E-state index in [1.165, 1.54) is 17.5 Å². The highest BCUT2D eigenvalue weighted by Gasteiger charge is 2.39. The number of rotatable bonds is 8. The number of halogens is 2. The first-order chi connectivity index (χ1) is 16.8. The van der Waals surface area contributed by atoms with Crippen molar-refractivity contribution in [3.05, 3.63) is 63.6 Å². The zero-order valence-corrected chi connectivity index (χ0v) is 20.0. The van der Waals surface area contributed by atoms with Crippen molar-refractivity contribution in [2.45, 2.75) is 31.1 Å². The van der Waals surface area contributed by atoms with Crippen molar-refractivity contribution in [3.63, 3.8) is 0 Å². The van der Waals surface area contributed by atoms with Crippen LogP contribution in [0.1, 0.15) is 52.4 Å². The third-order valence-corrected chi connectivity index (χ3v) is 7.12. The average Bonchev–Trinajstić information content (AvgIpc) is 3.23. The van der Waals surface area contributed by atoms with Crippen LogP contribution >= 0.6 is 11.3 Å². The molecule has 1 aliphatic rings. The number of aryl methyl sites for hydroxylation is 1. The molecule has 1 amide bonds. The van der Waals surface area contributed by atoms with E-state index in [1.54, 1.807) is 25.0 Å². The Bertz CT molecular complexity index is 1400. The standard InChI is InChI=1S/C22H22F2N8O2S/c1-22(14-8-27-31(2)20(14)34-3,21-28-17(10-35-21)12-4-5-12)11-26-19(33)16-9-32(30-29-16)18-15(24)6-13(23)7-25-18/h6-10,12H,4-5,11H2,1-3H3,(H,26,33). The van der Waals surface area contributed by atoms with Crippen LogP contribution in [0, 0.1) is 11.6 Å². The monoisotopic (exact) mass is 500 g/mol. The fourth-order valence-corrected chi connectivity index (χ4v) is 4.91. The number of carbonyl (C=O) groups is 1. The van der Waals surface area contributed by atoms with Crippen LogP contribution in [-0.4, -0.2) is 54.3 Å². The van der Waals surface area contributed by atoms with E-state index in [9.17, 15) is 13.6 Å². The summed E-state index contributed by atoms with van der Waals surface area (Å²) >= 11 is 1.53. The summed E-state index contributed by atoms with van der Waals surface area (Å²) in [5.74, 6) is -1.47. The molecule has 13 heteroatoms. The lowest BCUT2D eigenvalue weighted by Crippen LogP contribution is -2.40.